The summed E-state index contributed by atoms with van der Waals surface area (Å²) >= 11 is 10.9. The average Bonchev–Trinajstić information content (AvgIpc) is 3.24. The van der Waals surface area contributed by atoms with Crippen LogP contribution in [-0.4, -0.2) is 6.61 Å². The van der Waals surface area contributed by atoms with Gasteiger partial charge in [-0.05, 0) is 61.7 Å². The third-order valence-electron chi connectivity index (χ3n) is 3.67. The van der Waals surface area contributed by atoms with Crippen LogP contribution in [0.5, 0.6) is 0 Å². The Kier molecular flexibility index (Phi) is 3.18. The molecule has 1 saturated heterocycles. The predicted octanol–water partition coefficient (Wildman–Crippen LogP) is 6.35. The lowest BCUT2D eigenvalue weighted by atomic mass is 9.96. The van der Waals surface area contributed by atoms with Gasteiger partial charge in [0, 0.05) is 19.0 Å². The molecule has 0 spiro atoms. The number of epoxide rings is 1. The number of halogens is 3. The summed E-state index contributed by atoms with van der Waals surface area (Å²) in [5.74, 6) is 0. The number of fused-ring (bicyclic) bond motifs is 3. The van der Waals surface area contributed by atoms with Crippen molar-refractivity contribution in [2.24, 2.45) is 0 Å². The monoisotopic (exact) mass is 454 g/mol. The highest BCUT2D eigenvalue weighted by molar-refractivity contribution is 9.11. The molecule has 0 amide bonds. The molecule has 100 valence electrons. The fourth-order valence-electron chi connectivity index (χ4n) is 2.70. The van der Waals surface area contributed by atoms with Gasteiger partial charge in [0.25, 0.3) is 0 Å². The van der Waals surface area contributed by atoms with Crippen molar-refractivity contribution in [1.82, 2.24) is 0 Å². The van der Waals surface area contributed by atoms with Crippen molar-refractivity contribution in [3.63, 3.8) is 0 Å². The predicted molar refractivity (Wildman–Crippen MR) is 93.2 cm³/mol. The molecule has 1 fully saturated rings. The summed E-state index contributed by atoms with van der Waals surface area (Å²) in [6, 6.07) is 12.9. The highest BCUT2D eigenvalue weighted by atomic mass is 79.9. The van der Waals surface area contributed by atoms with Crippen molar-refractivity contribution in [2.45, 2.75) is 6.10 Å². The van der Waals surface area contributed by atoms with Crippen molar-refractivity contribution >= 4 is 69.3 Å². The Balaban J connectivity index is 2.25. The van der Waals surface area contributed by atoms with E-state index < -0.39 is 0 Å². The van der Waals surface area contributed by atoms with Crippen LogP contribution in [0, 0.1) is 0 Å². The molecule has 0 bridgehead atoms. The van der Waals surface area contributed by atoms with E-state index >= 15 is 0 Å². The van der Waals surface area contributed by atoms with Crippen molar-refractivity contribution in [1.29, 1.82) is 0 Å². The lowest BCUT2D eigenvalue weighted by Gasteiger charge is -2.13. The molecule has 0 radical (unpaired) electrons. The molecule has 1 nitrogen and oxygen atoms in total. The van der Waals surface area contributed by atoms with Crippen LogP contribution in [0.3, 0.4) is 0 Å². The summed E-state index contributed by atoms with van der Waals surface area (Å²) < 4.78 is 8.87. The summed E-state index contributed by atoms with van der Waals surface area (Å²) in [6.07, 6.45) is 0.213. The summed E-state index contributed by atoms with van der Waals surface area (Å²) in [6.45, 7) is 0.805. The second kappa shape index (κ2) is 4.80. The van der Waals surface area contributed by atoms with Gasteiger partial charge in [-0.25, -0.2) is 0 Å². The Morgan fingerprint density at radius 3 is 1.95 bits per heavy atom. The normalized spacial score (nSPS) is 17.9. The molecule has 0 aromatic heterocycles. The lowest BCUT2D eigenvalue weighted by Crippen LogP contribution is -1.90. The van der Waals surface area contributed by atoms with Gasteiger partial charge in [-0.3, -0.25) is 0 Å². The van der Waals surface area contributed by atoms with Gasteiger partial charge < -0.3 is 4.74 Å². The zero-order chi connectivity index (χ0) is 13.9. The Hall–Kier alpha value is -0.420. The molecule has 0 N–H and O–H groups in total. The Morgan fingerprint density at radius 1 is 0.800 bits per heavy atom. The van der Waals surface area contributed by atoms with Crippen molar-refractivity contribution in [3.8, 4) is 0 Å². The Bertz CT molecular complexity index is 853. The Morgan fingerprint density at radius 2 is 1.35 bits per heavy atom. The van der Waals surface area contributed by atoms with Crippen molar-refractivity contribution in [3.05, 3.63) is 55.4 Å². The van der Waals surface area contributed by atoms with E-state index in [2.05, 4.69) is 84.2 Å². The number of rotatable bonds is 1. The van der Waals surface area contributed by atoms with E-state index in [1.165, 1.54) is 27.1 Å². The van der Waals surface area contributed by atoms with E-state index in [4.69, 9.17) is 4.74 Å². The molecule has 4 heteroatoms. The van der Waals surface area contributed by atoms with E-state index in [-0.39, 0.29) is 6.10 Å². The highest BCUT2D eigenvalue weighted by Crippen LogP contribution is 2.45. The fourth-order valence-corrected chi connectivity index (χ4v) is 4.22. The summed E-state index contributed by atoms with van der Waals surface area (Å²) in [5.41, 5.74) is 1.26. The van der Waals surface area contributed by atoms with E-state index in [0.717, 1.165) is 20.0 Å². The minimum Gasteiger partial charge on any atom is -0.368 e. The van der Waals surface area contributed by atoms with Crippen LogP contribution in [0.2, 0.25) is 0 Å². The van der Waals surface area contributed by atoms with Crippen LogP contribution in [-0.2, 0) is 4.74 Å². The highest BCUT2D eigenvalue weighted by Gasteiger charge is 2.30. The molecule has 0 aliphatic carbocycles. The molecule has 3 aromatic carbocycles. The maximum absolute atomic E-state index is 5.55. The van der Waals surface area contributed by atoms with Crippen molar-refractivity contribution in [2.75, 3.05) is 6.61 Å². The smallest absolute Gasteiger partial charge is 0.108 e. The number of benzene rings is 3. The third-order valence-corrected chi connectivity index (χ3v) is 5.51. The molecule has 4 rings (SSSR count). The maximum Gasteiger partial charge on any atom is 0.108 e. The molecular weight excluding hydrogens is 448 g/mol. The van der Waals surface area contributed by atoms with Crippen LogP contribution in [0.25, 0.3) is 21.5 Å². The minimum absolute atomic E-state index is 0.213. The van der Waals surface area contributed by atoms with Gasteiger partial charge in [0.1, 0.15) is 6.10 Å². The topological polar surface area (TPSA) is 12.5 Å². The van der Waals surface area contributed by atoms with Gasteiger partial charge in [-0.2, -0.15) is 0 Å². The zero-order valence-corrected chi connectivity index (χ0v) is 15.0. The number of hydrogen-bond donors (Lipinski definition) is 0. The van der Waals surface area contributed by atoms with Crippen LogP contribution < -0.4 is 0 Å². The Labute approximate surface area is 141 Å². The summed E-state index contributed by atoms with van der Waals surface area (Å²) in [7, 11) is 0. The second-order valence-corrected chi connectivity index (χ2v) is 7.55. The third kappa shape index (κ3) is 2.05. The first-order chi connectivity index (χ1) is 9.65. The van der Waals surface area contributed by atoms with Crippen molar-refractivity contribution < 1.29 is 4.74 Å². The van der Waals surface area contributed by atoms with Gasteiger partial charge in [-0.15, -0.1) is 0 Å². The molecule has 1 heterocycles. The molecule has 0 unspecified atom stereocenters. The first kappa shape index (κ1) is 13.3. The fraction of sp³-hybridized carbons (Fsp3) is 0.125. The van der Waals surface area contributed by atoms with E-state index in [9.17, 15) is 0 Å². The molecule has 3 aromatic rings. The lowest BCUT2D eigenvalue weighted by molar-refractivity contribution is 0.416. The molecular formula is C16H9Br3O. The van der Waals surface area contributed by atoms with Gasteiger partial charge in [0.05, 0.1) is 6.61 Å². The van der Waals surface area contributed by atoms with Gasteiger partial charge >= 0.3 is 0 Å². The number of hydrogen-bond acceptors (Lipinski definition) is 1. The van der Waals surface area contributed by atoms with E-state index in [1.54, 1.807) is 0 Å². The summed E-state index contributed by atoms with van der Waals surface area (Å²) in [4.78, 5) is 0. The molecule has 0 saturated carbocycles. The first-order valence-corrected chi connectivity index (χ1v) is 8.64. The van der Waals surface area contributed by atoms with Gasteiger partial charge in [0.15, 0.2) is 0 Å². The van der Waals surface area contributed by atoms with E-state index in [0.29, 0.717) is 0 Å². The first-order valence-electron chi connectivity index (χ1n) is 6.26. The number of ether oxygens (including phenoxy) is 1. The van der Waals surface area contributed by atoms with Gasteiger partial charge in [0.2, 0.25) is 0 Å². The van der Waals surface area contributed by atoms with Crippen LogP contribution in [0.15, 0.2) is 49.8 Å². The molecule has 1 aliphatic heterocycles. The molecule has 20 heavy (non-hydrogen) atoms. The average molecular weight is 457 g/mol. The minimum atomic E-state index is 0.213. The van der Waals surface area contributed by atoms with Gasteiger partial charge in [-0.1, -0.05) is 44.0 Å². The second-order valence-electron chi connectivity index (χ2n) is 4.93. The standard InChI is InChI=1S/C16H9Br3O/c17-8-1-3-10-11-4-2-9(18)6-13(11)16(19)15(12(10)5-8)14-7-20-14/h1-6,14H,7H2/t14-/m1/s1. The van der Waals surface area contributed by atoms with Crippen LogP contribution >= 0.6 is 47.8 Å². The van der Waals surface area contributed by atoms with E-state index in [1.807, 2.05) is 0 Å². The SMILES string of the molecule is Brc1ccc2c(c1)c(Br)c([C@H]1CO1)c1cc(Br)ccc12. The van der Waals surface area contributed by atoms with Crippen LogP contribution in [0.1, 0.15) is 11.7 Å². The largest absolute Gasteiger partial charge is 0.368 e. The molecule has 1 atom stereocenters. The summed E-state index contributed by atoms with van der Waals surface area (Å²) in [5, 5.41) is 5.00. The quantitative estimate of drug-likeness (QED) is 0.307. The maximum atomic E-state index is 5.55. The zero-order valence-electron chi connectivity index (χ0n) is 10.3. The van der Waals surface area contributed by atoms with Crippen LogP contribution in [0.4, 0.5) is 0 Å². The molecule has 1 aliphatic rings.